The minimum absolute atomic E-state index is 0.295. The number of halogens is 1. The molecule has 3 rings (SSSR count). The number of fused-ring (bicyclic) bond motifs is 1. The molecule has 0 bridgehead atoms. The zero-order chi connectivity index (χ0) is 12.7. The monoisotopic (exact) mass is 305 g/mol. The predicted molar refractivity (Wildman–Crippen MR) is 72.9 cm³/mol. The van der Waals surface area contributed by atoms with Gasteiger partial charge in [0.05, 0.1) is 0 Å². The molecule has 0 aliphatic heterocycles. The molecule has 0 aliphatic carbocycles. The molecule has 3 aromatic rings. The lowest BCUT2D eigenvalue weighted by Gasteiger charge is -2.07. The summed E-state index contributed by atoms with van der Waals surface area (Å²) in [6, 6.07) is 7.63. The van der Waals surface area contributed by atoms with Gasteiger partial charge in [-0.1, -0.05) is 13.8 Å². The molecule has 0 amide bonds. The number of hydrogen-bond acceptors (Lipinski definition) is 3. The molecular formula is C13H12BrN3O. The quantitative estimate of drug-likeness (QED) is 0.721. The fourth-order valence-electron chi connectivity index (χ4n) is 1.96. The molecule has 0 spiro atoms. The zero-order valence-electron chi connectivity index (χ0n) is 10.1. The maximum absolute atomic E-state index is 5.63. The molecular weight excluding hydrogens is 294 g/mol. The van der Waals surface area contributed by atoms with E-state index in [0.717, 1.165) is 22.9 Å². The van der Waals surface area contributed by atoms with Crippen molar-refractivity contribution in [3.63, 3.8) is 0 Å². The predicted octanol–water partition coefficient (Wildman–Crippen LogP) is 3.90. The van der Waals surface area contributed by atoms with Gasteiger partial charge in [-0.05, 0) is 34.1 Å². The lowest BCUT2D eigenvalue weighted by atomic mass is 10.2. The van der Waals surface area contributed by atoms with Crippen LogP contribution in [0.1, 0.15) is 25.6 Å². The number of nitrogens with zero attached hydrogens (tertiary/aromatic N) is 3. The van der Waals surface area contributed by atoms with Crippen LogP contribution in [0, 0.1) is 0 Å². The van der Waals surface area contributed by atoms with Crippen LogP contribution in [0.2, 0.25) is 0 Å². The maximum Gasteiger partial charge on any atom is 0.208 e. The third-order valence-electron chi connectivity index (χ3n) is 2.74. The van der Waals surface area contributed by atoms with E-state index in [0.29, 0.717) is 10.6 Å². The zero-order valence-corrected chi connectivity index (χ0v) is 11.7. The lowest BCUT2D eigenvalue weighted by Crippen LogP contribution is -2.02. The van der Waals surface area contributed by atoms with Crippen molar-refractivity contribution in [1.82, 2.24) is 14.5 Å². The number of aromatic nitrogens is 3. The Labute approximate surface area is 113 Å². The van der Waals surface area contributed by atoms with Crippen molar-refractivity contribution in [3.8, 4) is 5.88 Å². The molecule has 0 radical (unpaired) electrons. The van der Waals surface area contributed by atoms with Crippen molar-refractivity contribution in [2.75, 3.05) is 0 Å². The number of hydrogen-bond donors (Lipinski definition) is 0. The van der Waals surface area contributed by atoms with Crippen LogP contribution in [-0.4, -0.2) is 14.5 Å². The molecule has 5 heteroatoms. The van der Waals surface area contributed by atoms with Gasteiger partial charge in [0.2, 0.25) is 5.88 Å². The summed E-state index contributed by atoms with van der Waals surface area (Å²) in [5.41, 5.74) is 1.71. The second kappa shape index (κ2) is 4.24. The van der Waals surface area contributed by atoms with Crippen LogP contribution < -0.4 is 0 Å². The van der Waals surface area contributed by atoms with Crippen LogP contribution >= 0.6 is 15.9 Å². The minimum Gasteiger partial charge on any atom is -0.433 e. The molecule has 0 aromatic carbocycles. The Hall–Kier alpha value is -1.62. The molecule has 3 aromatic heterocycles. The highest BCUT2D eigenvalue weighted by molar-refractivity contribution is 9.10. The molecule has 0 aliphatic rings. The van der Waals surface area contributed by atoms with Crippen LogP contribution in [0.4, 0.5) is 0 Å². The molecule has 0 saturated carbocycles. The molecule has 3 heterocycles. The van der Waals surface area contributed by atoms with Gasteiger partial charge in [-0.25, -0.2) is 14.5 Å². The summed E-state index contributed by atoms with van der Waals surface area (Å²) in [6.07, 6.45) is 1.77. The Morgan fingerprint density at radius 3 is 2.78 bits per heavy atom. The molecule has 92 valence electrons. The SMILES string of the molecule is CC(C)c1nc2cccnc2n1-c1ccc(Br)o1. The van der Waals surface area contributed by atoms with Crippen LogP contribution in [-0.2, 0) is 0 Å². The van der Waals surface area contributed by atoms with E-state index in [-0.39, 0.29) is 0 Å². The Balaban J connectivity index is 2.34. The highest BCUT2D eigenvalue weighted by atomic mass is 79.9. The van der Waals surface area contributed by atoms with Gasteiger partial charge >= 0.3 is 0 Å². The van der Waals surface area contributed by atoms with Crippen LogP contribution in [0.15, 0.2) is 39.5 Å². The number of pyridine rings is 1. The first-order valence-corrected chi connectivity index (χ1v) is 6.55. The van der Waals surface area contributed by atoms with Gasteiger partial charge in [-0.15, -0.1) is 0 Å². The van der Waals surface area contributed by atoms with Gasteiger partial charge in [-0.2, -0.15) is 0 Å². The van der Waals surface area contributed by atoms with E-state index in [4.69, 9.17) is 4.42 Å². The highest BCUT2D eigenvalue weighted by Gasteiger charge is 2.17. The van der Waals surface area contributed by atoms with Gasteiger partial charge < -0.3 is 4.42 Å². The average molecular weight is 306 g/mol. The lowest BCUT2D eigenvalue weighted by molar-refractivity contribution is 0.510. The fourth-order valence-corrected chi connectivity index (χ4v) is 2.26. The van der Waals surface area contributed by atoms with Crippen molar-refractivity contribution < 1.29 is 4.42 Å². The minimum atomic E-state index is 0.295. The molecule has 0 fully saturated rings. The Morgan fingerprint density at radius 2 is 2.11 bits per heavy atom. The molecule has 18 heavy (non-hydrogen) atoms. The van der Waals surface area contributed by atoms with E-state index >= 15 is 0 Å². The van der Waals surface area contributed by atoms with Gasteiger partial charge in [0.25, 0.3) is 0 Å². The number of furan rings is 1. The molecule has 0 unspecified atom stereocenters. The first-order valence-electron chi connectivity index (χ1n) is 5.76. The van der Waals surface area contributed by atoms with Gasteiger partial charge in [0, 0.05) is 18.2 Å². The number of imidazole rings is 1. The summed E-state index contributed by atoms with van der Waals surface area (Å²) in [7, 11) is 0. The van der Waals surface area contributed by atoms with Crippen molar-refractivity contribution in [2.24, 2.45) is 0 Å². The van der Waals surface area contributed by atoms with E-state index in [1.54, 1.807) is 6.20 Å². The van der Waals surface area contributed by atoms with E-state index in [9.17, 15) is 0 Å². The van der Waals surface area contributed by atoms with Crippen LogP contribution in [0.25, 0.3) is 17.0 Å². The summed E-state index contributed by atoms with van der Waals surface area (Å²) in [5.74, 6) is 1.97. The smallest absolute Gasteiger partial charge is 0.208 e. The summed E-state index contributed by atoms with van der Waals surface area (Å²) in [6.45, 7) is 4.21. The van der Waals surface area contributed by atoms with Crippen LogP contribution in [0.5, 0.6) is 0 Å². The Morgan fingerprint density at radius 1 is 1.28 bits per heavy atom. The molecule has 0 atom stereocenters. The average Bonchev–Trinajstić information content (AvgIpc) is 2.92. The highest BCUT2D eigenvalue weighted by Crippen LogP contribution is 2.27. The molecule has 0 saturated heterocycles. The third-order valence-corrected chi connectivity index (χ3v) is 3.16. The second-order valence-electron chi connectivity index (χ2n) is 4.38. The van der Waals surface area contributed by atoms with Gasteiger partial charge in [-0.3, -0.25) is 0 Å². The third kappa shape index (κ3) is 1.75. The van der Waals surface area contributed by atoms with Gasteiger partial charge in [0.1, 0.15) is 11.3 Å². The van der Waals surface area contributed by atoms with E-state index in [1.165, 1.54) is 0 Å². The summed E-state index contributed by atoms with van der Waals surface area (Å²) < 4.78 is 8.29. The normalized spacial score (nSPS) is 11.6. The van der Waals surface area contributed by atoms with E-state index in [2.05, 4.69) is 39.7 Å². The standard InChI is InChI=1S/C13H12BrN3O/c1-8(2)12-16-9-4-3-7-15-13(9)17(12)11-6-5-10(14)18-11/h3-8H,1-2H3. The van der Waals surface area contributed by atoms with Crippen molar-refractivity contribution in [3.05, 3.63) is 41.0 Å². The first-order chi connectivity index (χ1) is 8.66. The van der Waals surface area contributed by atoms with Crippen molar-refractivity contribution in [2.45, 2.75) is 19.8 Å². The molecule has 0 N–H and O–H groups in total. The first kappa shape index (κ1) is 11.5. The summed E-state index contributed by atoms with van der Waals surface area (Å²) in [5, 5.41) is 0. The van der Waals surface area contributed by atoms with Crippen molar-refractivity contribution in [1.29, 1.82) is 0 Å². The van der Waals surface area contributed by atoms with E-state index in [1.807, 2.05) is 28.8 Å². The van der Waals surface area contributed by atoms with Gasteiger partial charge in [0.15, 0.2) is 10.3 Å². The van der Waals surface area contributed by atoms with Crippen LogP contribution in [0.3, 0.4) is 0 Å². The number of rotatable bonds is 2. The largest absolute Gasteiger partial charge is 0.433 e. The second-order valence-corrected chi connectivity index (χ2v) is 5.17. The summed E-state index contributed by atoms with van der Waals surface area (Å²) in [4.78, 5) is 9.02. The fraction of sp³-hybridized carbons (Fsp3) is 0.231. The maximum atomic E-state index is 5.63. The van der Waals surface area contributed by atoms with Crippen molar-refractivity contribution >= 4 is 27.1 Å². The Kier molecular flexibility index (Phi) is 2.70. The van der Waals surface area contributed by atoms with E-state index < -0.39 is 0 Å². The Bertz CT molecular complexity index is 699. The molecule has 4 nitrogen and oxygen atoms in total. The summed E-state index contributed by atoms with van der Waals surface area (Å²) >= 11 is 3.32. The topological polar surface area (TPSA) is 43.9 Å².